The van der Waals surface area contributed by atoms with Crippen LogP contribution in [-0.4, -0.2) is 21.9 Å². The van der Waals surface area contributed by atoms with E-state index in [0.29, 0.717) is 18.2 Å². The third-order valence-corrected chi connectivity index (χ3v) is 8.18. The zero-order chi connectivity index (χ0) is 28.8. The molecule has 0 heterocycles. The van der Waals surface area contributed by atoms with Gasteiger partial charge in [0.1, 0.15) is 5.75 Å². The Hall–Kier alpha value is -3.98. The van der Waals surface area contributed by atoms with E-state index < -0.39 is 70.4 Å². The summed E-state index contributed by atoms with van der Waals surface area (Å²) in [7, 11) is -9.83. The Kier molecular flexibility index (Phi) is 6.93. The fourth-order valence-corrected chi connectivity index (χ4v) is 6.25. The number of fused-ring (bicyclic) bond motifs is 1. The maximum Gasteiger partial charge on any atom is 0.418 e. The number of benzene rings is 4. The first-order valence-electron chi connectivity index (χ1n) is 10.6. The van der Waals surface area contributed by atoms with Crippen LogP contribution in [-0.2, 0) is 32.4 Å². The standard InChI is InChI=1S/C24H16F6N2O5S2/c25-23(26,27)18-5-1-3-7-20(18)31-38(34,35)16-11-14-9-10-15(33)12-17(14)22(13-16)39(36,37)32-21-8-4-2-6-19(21)24(28,29)30/h1-13,31-33H. The van der Waals surface area contributed by atoms with Crippen LogP contribution in [0.5, 0.6) is 5.75 Å². The molecule has 4 aromatic rings. The van der Waals surface area contributed by atoms with Crippen molar-refractivity contribution in [2.45, 2.75) is 22.1 Å². The van der Waals surface area contributed by atoms with Crippen LogP contribution < -0.4 is 9.44 Å². The lowest BCUT2D eigenvalue weighted by Gasteiger charge is -2.17. The molecule has 0 unspecified atom stereocenters. The molecule has 15 heteroatoms. The Bertz CT molecular complexity index is 1790. The Morgan fingerprint density at radius 2 is 1.10 bits per heavy atom. The number of para-hydroxylation sites is 2. The average molecular weight is 591 g/mol. The van der Waals surface area contributed by atoms with Crippen molar-refractivity contribution >= 4 is 42.2 Å². The molecular weight excluding hydrogens is 574 g/mol. The van der Waals surface area contributed by atoms with Crippen molar-refractivity contribution in [1.82, 2.24) is 0 Å². The lowest BCUT2D eigenvalue weighted by Crippen LogP contribution is -2.20. The molecule has 4 aromatic carbocycles. The van der Waals surface area contributed by atoms with Crippen molar-refractivity contribution in [1.29, 1.82) is 0 Å². The van der Waals surface area contributed by atoms with Crippen LogP contribution in [0.4, 0.5) is 37.7 Å². The Morgan fingerprint density at radius 3 is 1.62 bits per heavy atom. The van der Waals surface area contributed by atoms with Crippen molar-refractivity contribution in [2.24, 2.45) is 0 Å². The quantitative estimate of drug-likeness (QED) is 0.232. The van der Waals surface area contributed by atoms with Crippen molar-refractivity contribution < 1.29 is 48.3 Å². The second-order valence-corrected chi connectivity index (χ2v) is 11.5. The molecule has 0 aliphatic heterocycles. The summed E-state index contributed by atoms with van der Waals surface area (Å²) < 4.78 is 137. The highest BCUT2D eigenvalue weighted by atomic mass is 32.2. The molecule has 0 fully saturated rings. The second-order valence-electron chi connectivity index (χ2n) is 8.12. The molecule has 7 nitrogen and oxygen atoms in total. The third kappa shape index (κ3) is 5.88. The molecule has 0 aliphatic carbocycles. The van der Waals surface area contributed by atoms with Crippen LogP contribution in [0.1, 0.15) is 11.1 Å². The van der Waals surface area contributed by atoms with Crippen molar-refractivity contribution in [3.05, 3.63) is 90.0 Å². The molecule has 206 valence electrons. The van der Waals surface area contributed by atoms with Crippen molar-refractivity contribution in [3.63, 3.8) is 0 Å². The van der Waals surface area contributed by atoms with Gasteiger partial charge in [-0.25, -0.2) is 16.8 Å². The normalized spacial score (nSPS) is 12.9. The maximum atomic E-state index is 13.4. The van der Waals surface area contributed by atoms with Gasteiger partial charge in [-0.3, -0.25) is 9.44 Å². The molecule has 4 rings (SSSR count). The van der Waals surface area contributed by atoms with Gasteiger partial charge in [-0.1, -0.05) is 30.3 Å². The first kappa shape index (κ1) is 28.0. The molecule has 0 atom stereocenters. The van der Waals surface area contributed by atoms with E-state index in [9.17, 15) is 48.3 Å². The summed E-state index contributed by atoms with van der Waals surface area (Å²) in [5, 5.41) is 9.53. The van der Waals surface area contributed by atoms with Gasteiger partial charge in [0.05, 0.1) is 32.3 Å². The van der Waals surface area contributed by atoms with E-state index in [1.807, 2.05) is 0 Å². The van der Waals surface area contributed by atoms with Gasteiger partial charge in [0.25, 0.3) is 20.0 Å². The lowest BCUT2D eigenvalue weighted by atomic mass is 10.1. The van der Waals surface area contributed by atoms with Crippen molar-refractivity contribution in [2.75, 3.05) is 9.44 Å². The van der Waals surface area contributed by atoms with Gasteiger partial charge >= 0.3 is 12.4 Å². The Morgan fingerprint density at radius 1 is 0.615 bits per heavy atom. The zero-order valence-corrected chi connectivity index (χ0v) is 20.8. The van der Waals surface area contributed by atoms with Crippen LogP contribution in [0, 0.1) is 0 Å². The van der Waals surface area contributed by atoms with Gasteiger partial charge in [0.15, 0.2) is 0 Å². The van der Waals surface area contributed by atoms with Crippen molar-refractivity contribution in [3.8, 4) is 5.75 Å². The van der Waals surface area contributed by atoms with Gasteiger partial charge in [-0.05, 0) is 53.9 Å². The lowest BCUT2D eigenvalue weighted by molar-refractivity contribution is -0.137. The molecule has 0 bridgehead atoms. The minimum absolute atomic E-state index is 0.0933. The number of aromatic hydroxyl groups is 1. The predicted molar refractivity (Wildman–Crippen MR) is 130 cm³/mol. The fraction of sp³-hybridized carbons (Fsp3) is 0.0833. The highest BCUT2D eigenvalue weighted by Gasteiger charge is 2.36. The second kappa shape index (κ2) is 9.64. The Balaban J connectivity index is 1.88. The number of anilines is 2. The van der Waals surface area contributed by atoms with Gasteiger partial charge in [0, 0.05) is 5.39 Å². The van der Waals surface area contributed by atoms with Gasteiger partial charge in [-0.2, -0.15) is 26.3 Å². The highest BCUT2D eigenvalue weighted by molar-refractivity contribution is 7.93. The number of halogens is 6. The molecule has 3 N–H and O–H groups in total. The molecule has 39 heavy (non-hydrogen) atoms. The van der Waals surface area contributed by atoms with E-state index in [-0.39, 0.29) is 10.8 Å². The zero-order valence-electron chi connectivity index (χ0n) is 19.2. The first-order valence-corrected chi connectivity index (χ1v) is 13.6. The van der Waals surface area contributed by atoms with Crippen LogP contribution in [0.25, 0.3) is 10.8 Å². The number of nitrogens with one attached hydrogen (secondary N) is 2. The summed E-state index contributed by atoms with van der Waals surface area (Å²) in [5.74, 6) is -0.442. The van der Waals surface area contributed by atoms with Crippen LogP contribution in [0.15, 0.2) is 88.7 Å². The summed E-state index contributed by atoms with van der Waals surface area (Å²) in [6, 6.07) is 12.0. The summed E-state index contributed by atoms with van der Waals surface area (Å²) in [6.45, 7) is 0. The maximum absolute atomic E-state index is 13.4. The topological polar surface area (TPSA) is 113 Å². The molecule has 0 radical (unpaired) electrons. The minimum Gasteiger partial charge on any atom is -0.508 e. The van der Waals surface area contributed by atoms with E-state index >= 15 is 0 Å². The van der Waals surface area contributed by atoms with Crippen LogP contribution >= 0.6 is 0 Å². The number of phenols is 1. The number of hydrogen-bond acceptors (Lipinski definition) is 5. The molecule has 0 aliphatic rings. The number of hydrogen-bond donors (Lipinski definition) is 3. The number of alkyl halides is 6. The van der Waals surface area contributed by atoms with Crippen LogP contribution in [0.3, 0.4) is 0 Å². The number of phenolic OH excluding ortho intramolecular Hbond substituents is 1. The highest BCUT2D eigenvalue weighted by Crippen LogP contribution is 2.38. The molecular formula is C24H16F6N2O5S2. The van der Waals surface area contributed by atoms with E-state index in [1.54, 1.807) is 9.44 Å². The summed E-state index contributed by atoms with van der Waals surface area (Å²) >= 11 is 0. The summed E-state index contributed by atoms with van der Waals surface area (Å²) in [5.41, 5.74) is -4.33. The van der Waals surface area contributed by atoms with Gasteiger partial charge in [0.2, 0.25) is 0 Å². The first-order chi connectivity index (χ1) is 18.0. The summed E-state index contributed by atoms with van der Waals surface area (Å²) in [6.07, 6.45) is -9.87. The van der Waals surface area contributed by atoms with E-state index in [4.69, 9.17) is 0 Å². The van der Waals surface area contributed by atoms with E-state index in [0.717, 1.165) is 60.7 Å². The SMILES string of the molecule is O=S(=O)(Nc1ccccc1C(F)(F)F)c1cc(S(=O)(=O)Nc2ccccc2C(F)(F)F)c2cc(O)ccc2c1. The molecule has 0 aromatic heterocycles. The van der Waals surface area contributed by atoms with Gasteiger partial charge < -0.3 is 5.11 Å². The summed E-state index contributed by atoms with van der Waals surface area (Å²) in [4.78, 5) is -1.65. The predicted octanol–water partition coefficient (Wildman–Crippen LogP) is 6.18. The molecule has 0 spiro atoms. The largest absolute Gasteiger partial charge is 0.508 e. The minimum atomic E-state index is -4.96. The molecule has 0 saturated heterocycles. The fourth-order valence-electron chi connectivity index (χ4n) is 3.70. The van der Waals surface area contributed by atoms with E-state index in [2.05, 4.69) is 0 Å². The van der Waals surface area contributed by atoms with Crippen LogP contribution in [0.2, 0.25) is 0 Å². The number of rotatable bonds is 6. The average Bonchev–Trinajstić information content (AvgIpc) is 2.82. The van der Waals surface area contributed by atoms with E-state index in [1.165, 1.54) is 0 Å². The smallest absolute Gasteiger partial charge is 0.418 e. The molecule has 0 amide bonds. The number of sulfonamides is 2. The monoisotopic (exact) mass is 590 g/mol. The molecule has 0 saturated carbocycles. The Labute approximate surface area is 217 Å². The third-order valence-electron chi connectivity index (χ3n) is 5.43. The van der Waals surface area contributed by atoms with Gasteiger partial charge in [-0.15, -0.1) is 0 Å².